The Kier molecular flexibility index (Phi) is 12.1. The highest BCUT2D eigenvalue weighted by Crippen LogP contribution is 2.27. The Morgan fingerprint density at radius 1 is 0.327 bits per heavy atom. The Bertz CT molecular complexity index is 1960. The van der Waals surface area contributed by atoms with E-state index in [1.165, 1.54) is 48.5 Å². The number of benzene rings is 4. The van der Waals surface area contributed by atoms with Crippen LogP contribution in [0.5, 0.6) is 0 Å². The summed E-state index contributed by atoms with van der Waals surface area (Å²) in [6, 6.07) is 24.1. The van der Waals surface area contributed by atoms with E-state index >= 15 is 0 Å². The maximum atomic E-state index is 14.3. The number of aryl methyl sites for hydroxylation is 4. The zero-order chi connectivity index (χ0) is 37.9. The fourth-order valence-electron chi connectivity index (χ4n) is 5.87. The summed E-state index contributed by atoms with van der Waals surface area (Å²) in [5.74, 6) is 0. The van der Waals surface area contributed by atoms with E-state index < -0.39 is 60.8 Å². The number of nitrogens with one attached hydrogen (secondary N) is 4. The predicted octanol–water partition coefficient (Wildman–Crippen LogP) is 2.79. The van der Waals surface area contributed by atoms with Crippen molar-refractivity contribution in [3.8, 4) is 0 Å². The van der Waals surface area contributed by atoms with Crippen molar-refractivity contribution in [3.63, 3.8) is 0 Å². The minimum atomic E-state index is -4.39. The maximum absolute atomic E-state index is 14.3. The van der Waals surface area contributed by atoms with Crippen LogP contribution in [0.2, 0.25) is 0 Å². The topological polar surface area (TPSA) is 185 Å². The van der Waals surface area contributed by atoms with E-state index in [1.54, 1.807) is 76.2 Å². The Balaban J connectivity index is 1.60. The van der Waals surface area contributed by atoms with E-state index in [-0.39, 0.29) is 45.8 Å². The molecule has 0 saturated carbocycles. The molecule has 1 aliphatic rings. The quantitative estimate of drug-likeness (QED) is 0.205. The van der Waals surface area contributed by atoms with Gasteiger partial charge in [0, 0.05) is 26.2 Å². The summed E-state index contributed by atoms with van der Waals surface area (Å²) in [7, 11) is -17.6. The zero-order valence-electron chi connectivity index (χ0n) is 29.3. The van der Waals surface area contributed by atoms with Gasteiger partial charge in [-0.1, -0.05) is 70.8 Å². The van der Waals surface area contributed by atoms with Gasteiger partial charge < -0.3 is 0 Å². The van der Waals surface area contributed by atoms with Gasteiger partial charge in [0.25, 0.3) is 0 Å². The van der Waals surface area contributed by atoms with Crippen LogP contribution in [0, 0.1) is 27.7 Å². The molecule has 280 valence electrons. The monoisotopic (exact) mass is 788 g/mol. The summed E-state index contributed by atoms with van der Waals surface area (Å²) < 4.78 is 114. The van der Waals surface area contributed by atoms with Gasteiger partial charge in [-0.15, -0.1) is 0 Å². The van der Waals surface area contributed by atoms with Gasteiger partial charge in [-0.05, 0) is 76.2 Å². The van der Waals surface area contributed by atoms with Crippen LogP contribution >= 0.6 is 0 Å². The van der Waals surface area contributed by atoms with Crippen molar-refractivity contribution in [1.29, 1.82) is 0 Å². The molecule has 1 heterocycles. The van der Waals surface area contributed by atoms with Crippen molar-refractivity contribution >= 4 is 39.3 Å². The molecule has 4 aromatic carbocycles. The molecule has 0 radical (unpaired) electrons. The van der Waals surface area contributed by atoms with Gasteiger partial charge in [-0.3, -0.25) is 21.3 Å². The molecule has 4 atom stereocenters. The summed E-state index contributed by atoms with van der Waals surface area (Å²) in [4.78, 5) is -0.430. The van der Waals surface area contributed by atoms with Crippen molar-refractivity contribution in [3.05, 3.63) is 119 Å². The first-order valence-corrected chi connectivity index (χ1v) is 22.8. The van der Waals surface area contributed by atoms with Crippen LogP contribution in [0.3, 0.4) is 0 Å². The van der Waals surface area contributed by atoms with Gasteiger partial charge in [-0.2, -0.15) is 0 Å². The second-order valence-electron chi connectivity index (χ2n) is 12.9. The largest absolute Gasteiger partial charge is 0.297 e. The van der Waals surface area contributed by atoms with E-state index in [0.29, 0.717) is 0 Å². The molecule has 0 bridgehead atoms. The van der Waals surface area contributed by atoms with Crippen LogP contribution in [0.4, 0.5) is 0 Å². The third-order valence-electron chi connectivity index (χ3n) is 8.92. The van der Waals surface area contributed by atoms with Crippen molar-refractivity contribution < 1.29 is 33.7 Å². The molecule has 4 N–H and O–H groups in total. The zero-order valence-corrected chi connectivity index (χ0v) is 32.5. The molecule has 1 saturated heterocycles. The number of hydrogen-bond donors (Lipinski definition) is 4. The van der Waals surface area contributed by atoms with Crippen LogP contribution in [-0.2, 0) is 39.3 Å². The lowest BCUT2D eigenvalue weighted by Gasteiger charge is -2.32. The van der Waals surface area contributed by atoms with Crippen LogP contribution in [0.15, 0.2) is 117 Å². The predicted molar refractivity (Wildman–Crippen MR) is 201 cm³/mol. The summed E-state index contributed by atoms with van der Waals surface area (Å²) in [6.07, 6.45) is 0. The molecule has 0 spiro atoms. The molecule has 0 unspecified atom stereocenters. The van der Waals surface area contributed by atoms with Crippen molar-refractivity contribution in [2.24, 2.45) is 0 Å². The van der Waals surface area contributed by atoms with E-state index in [9.17, 15) is 33.7 Å². The maximum Gasteiger partial charge on any atom is 0.196 e. The van der Waals surface area contributed by atoms with E-state index in [0.717, 1.165) is 22.3 Å². The number of rotatable bonds is 8. The standard InChI is InChI=1S/C36H44N4O8S4/c1-25-5-13-29(14-6-25)49(41,42)33-34(50(43,44)30-15-7-26(2)8-16-30)38-23-24-40-36(52(47,48)32-19-11-28(4)12-20-32)35(39-22-21-37-33)51(45,46)31-17-9-27(3)10-18-31/h5-20,33-40H,21-24H2,1-4H3/t33-,34+,35+,36-. The van der Waals surface area contributed by atoms with Crippen LogP contribution in [0.25, 0.3) is 0 Å². The number of sulfone groups is 4. The highest BCUT2D eigenvalue weighted by molar-refractivity contribution is 7.96. The van der Waals surface area contributed by atoms with E-state index in [2.05, 4.69) is 21.3 Å². The lowest BCUT2D eigenvalue weighted by molar-refractivity contribution is 0.431. The molecule has 1 fully saturated rings. The summed E-state index contributed by atoms with van der Waals surface area (Å²) in [5.41, 5.74) is 3.22. The molecule has 12 nitrogen and oxygen atoms in total. The lowest BCUT2D eigenvalue weighted by atomic mass is 10.2. The highest BCUT2D eigenvalue weighted by Gasteiger charge is 2.45. The fraction of sp³-hybridized carbons (Fsp3) is 0.333. The number of hydrogen-bond acceptors (Lipinski definition) is 12. The first-order valence-electron chi connectivity index (χ1n) is 16.6. The molecule has 16 heteroatoms. The first kappa shape index (κ1) is 39.7. The Hall–Kier alpha value is -3.48. The Morgan fingerprint density at radius 3 is 0.635 bits per heavy atom. The summed E-state index contributed by atoms with van der Waals surface area (Å²) in [6.45, 7) is 6.16. The van der Waals surface area contributed by atoms with Gasteiger partial charge in [0.15, 0.2) is 39.3 Å². The molecule has 0 amide bonds. The third-order valence-corrected chi connectivity index (χ3v) is 17.4. The molecule has 0 aliphatic carbocycles. The minimum absolute atomic E-state index is 0.108. The summed E-state index contributed by atoms with van der Waals surface area (Å²) >= 11 is 0. The second-order valence-corrected chi connectivity index (χ2v) is 21.2. The van der Waals surface area contributed by atoms with Gasteiger partial charge in [0.05, 0.1) is 19.6 Å². The molecule has 0 aromatic heterocycles. The van der Waals surface area contributed by atoms with Crippen molar-refractivity contribution in [1.82, 2.24) is 21.3 Å². The SMILES string of the molecule is Cc1ccc(S(=O)(=O)[C@@H]2NCCN[C@H](S(=O)(=O)c3ccc(C)cc3)[C@H](S(=O)(=O)c3ccc(C)cc3)NCCN[C@@H]2S(=O)(=O)c2ccc(C)cc2)cc1. The van der Waals surface area contributed by atoms with Crippen LogP contribution in [0.1, 0.15) is 22.3 Å². The Labute approximate surface area is 307 Å². The van der Waals surface area contributed by atoms with Crippen molar-refractivity contribution in [2.75, 3.05) is 26.2 Å². The van der Waals surface area contributed by atoms with Gasteiger partial charge in [-0.25, -0.2) is 33.7 Å². The van der Waals surface area contributed by atoms with Gasteiger partial charge in [0.1, 0.15) is 21.5 Å². The van der Waals surface area contributed by atoms with Crippen molar-refractivity contribution in [2.45, 2.75) is 68.8 Å². The average molecular weight is 789 g/mol. The molecule has 4 aromatic rings. The lowest BCUT2D eigenvalue weighted by Crippen LogP contribution is -2.61. The van der Waals surface area contributed by atoms with Crippen LogP contribution in [-0.4, -0.2) is 81.3 Å². The Morgan fingerprint density at radius 2 is 0.481 bits per heavy atom. The second kappa shape index (κ2) is 15.9. The molecular formula is C36H44N4O8S4. The normalized spacial score (nSPS) is 21.5. The third kappa shape index (κ3) is 8.50. The van der Waals surface area contributed by atoms with E-state index in [4.69, 9.17) is 0 Å². The molecule has 5 rings (SSSR count). The van der Waals surface area contributed by atoms with Crippen LogP contribution < -0.4 is 21.3 Å². The molecular weight excluding hydrogens is 745 g/mol. The summed E-state index contributed by atoms with van der Waals surface area (Å²) in [5, 5.41) is 4.59. The first-order chi connectivity index (χ1) is 24.5. The van der Waals surface area contributed by atoms with Gasteiger partial charge >= 0.3 is 0 Å². The average Bonchev–Trinajstić information content (AvgIpc) is 3.09. The fourth-order valence-corrected chi connectivity index (χ4v) is 13.9. The van der Waals surface area contributed by atoms with Gasteiger partial charge in [0.2, 0.25) is 0 Å². The minimum Gasteiger partial charge on any atom is -0.297 e. The smallest absolute Gasteiger partial charge is 0.196 e. The molecule has 1 aliphatic heterocycles. The molecule has 52 heavy (non-hydrogen) atoms. The highest BCUT2D eigenvalue weighted by atomic mass is 32.2. The van der Waals surface area contributed by atoms with E-state index in [1.807, 2.05) is 0 Å².